The van der Waals surface area contributed by atoms with Gasteiger partial charge in [-0.1, -0.05) is 169 Å². The zero-order valence-electron chi connectivity index (χ0n) is 34.7. The van der Waals surface area contributed by atoms with Crippen LogP contribution in [-0.2, 0) is 26.0 Å². The largest absolute Gasteiger partial charge is 0.439 e. The first kappa shape index (κ1) is 41.2. The van der Waals surface area contributed by atoms with Crippen LogP contribution in [0, 0.1) is 13.8 Å². The maximum absolute atomic E-state index is 13.8. The first-order valence-electron chi connectivity index (χ1n) is 20.5. The second kappa shape index (κ2) is 17.0. The third-order valence-corrected chi connectivity index (χ3v) is 17.7. The first-order valence-corrected chi connectivity index (χ1v) is 26.2. The van der Waals surface area contributed by atoms with E-state index >= 15 is 0 Å². The van der Waals surface area contributed by atoms with Crippen LogP contribution in [0.25, 0.3) is 33.4 Å². The van der Waals surface area contributed by atoms with Crippen molar-refractivity contribution in [2.45, 2.75) is 26.2 Å². The highest BCUT2D eigenvalue weighted by Crippen LogP contribution is 2.58. The Hall–Kier alpha value is -6.15. The fourth-order valence-corrected chi connectivity index (χ4v) is 14.8. The van der Waals surface area contributed by atoms with E-state index in [2.05, 4.69) is 32.0 Å². The minimum atomic E-state index is -3.00. The lowest BCUT2D eigenvalue weighted by atomic mass is 10.0. The second-order valence-corrected chi connectivity index (χ2v) is 22.8. The molecule has 62 heavy (non-hydrogen) atoms. The van der Waals surface area contributed by atoms with Crippen LogP contribution >= 0.6 is 22.1 Å². The molecular formula is C53H45O6P3. The van der Waals surface area contributed by atoms with Gasteiger partial charge in [0.25, 0.3) is 22.1 Å². The molecule has 0 N–H and O–H groups in total. The number of aryl methyl sites for hydroxylation is 2. The van der Waals surface area contributed by atoms with E-state index in [1.165, 1.54) is 11.1 Å². The molecule has 6 nitrogen and oxygen atoms in total. The van der Waals surface area contributed by atoms with Gasteiger partial charge in [-0.3, -0.25) is 13.7 Å². The Morgan fingerprint density at radius 1 is 0.355 bits per heavy atom. The van der Waals surface area contributed by atoms with Gasteiger partial charge in [0.2, 0.25) is 0 Å². The summed E-state index contributed by atoms with van der Waals surface area (Å²) in [5.41, 5.74) is 10.6. The third-order valence-electron chi connectivity index (χ3n) is 11.1. The average Bonchev–Trinajstić information content (AvgIpc) is 3.27. The maximum Gasteiger partial charge on any atom is 0.282 e. The molecule has 0 saturated carbocycles. The number of hydrogen-bond acceptors (Lipinski definition) is 6. The molecule has 3 unspecified atom stereocenters. The van der Waals surface area contributed by atoms with E-state index in [0.717, 1.165) is 60.4 Å². The number of fused-ring (bicyclic) bond motifs is 9. The van der Waals surface area contributed by atoms with Gasteiger partial charge in [-0.15, -0.1) is 0 Å². The van der Waals surface area contributed by atoms with E-state index in [0.29, 0.717) is 29.6 Å². The molecule has 0 aliphatic carbocycles. The molecule has 3 atom stereocenters. The van der Waals surface area contributed by atoms with Crippen molar-refractivity contribution in [1.29, 1.82) is 0 Å². The summed E-state index contributed by atoms with van der Waals surface area (Å²) in [6.07, 6.45) is 0.833. The van der Waals surface area contributed by atoms with Crippen molar-refractivity contribution in [3.63, 3.8) is 0 Å². The Bertz CT molecular complexity index is 3080. The minimum Gasteiger partial charge on any atom is -0.439 e. The molecule has 0 saturated heterocycles. The second-order valence-electron chi connectivity index (χ2n) is 15.8. The molecule has 0 bridgehead atoms. The van der Waals surface area contributed by atoms with E-state index in [1.807, 2.05) is 176 Å². The first-order chi connectivity index (χ1) is 30.0. The van der Waals surface area contributed by atoms with Crippen LogP contribution in [0.15, 0.2) is 194 Å². The quantitative estimate of drug-likeness (QED) is 0.164. The zero-order valence-corrected chi connectivity index (χ0v) is 37.4. The third kappa shape index (κ3) is 8.27. The lowest BCUT2D eigenvalue weighted by Gasteiger charge is -2.28. The predicted molar refractivity (Wildman–Crippen MR) is 255 cm³/mol. The van der Waals surface area contributed by atoms with Crippen molar-refractivity contribution in [3.8, 4) is 50.6 Å². The van der Waals surface area contributed by atoms with Crippen molar-refractivity contribution in [1.82, 2.24) is 0 Å². The Morgan fingerprint density at radius 2 is 0.694 bits per heavy atom. The van der Waals surface area contributed by atoms with Gasteiger partial charge in [-0.25, -0.2) is 0 Å². The molecule has 308 valence electrons. The summed E-state index contributed by atoms with van der Waals surface area (Å²) in [4.78, 5) is 0. The fourth-order valence-electron chi connectivity index (χ4n) is 8.47. The highest BCUT2D eigenvalue weighted by atomic mass is 31.2. The maximum atomic E-state index is 13.8. The van der Waals surface area contributed by atoms with Gasteiger partial charge >= 0.3 is 0 Å². The van der Waals surface area contributed by atoms with E-state index in [-0.39, 0.29) is 0 Å². The Balaban J connectivity index is 0.000000121. The number of hydrogen-bond donors (Lipinski definition) is 0. The Kier molecular flexibility index (Phi) is 11.3. The molecule has 3 aliphatic heterocycles. The SMILES string of the molecule is CP1(=O)Oc2ccccc2-c2ccccc21.Cc1cc(C)cc(CP2(=O)Oc3ccccc3-c3ccccc32)c1.O=P1(Cc2ccccc2)Oc2ccccc2-c2ccccc21. The van der Waals surface area contributed by atoms with Gasteiger partial charge in [-0.2, -0.15) is 0 Å². The van der Waals surface area contributed by atoms with Gasteiger partial charge in [-0.05, 0) is 78.1 Å². The molecule has 0 amide bonds. The number of rotatable bonds is 4. The molecule has 11 rings (SSSR count). The summed E-state index contributed by atoms with van der Waals surface area (Å²) in [6.45, 7) is 5.80. The smallest absolute Gasteiger partial charge is 0.282 e. The van der Waals surface area contributed by atoms with Crippen LogP contribution < -0.4 is 29.5 Å². The van der Waals surface area contributed by atoms with Crippen LogP contribution in [-0.4, -0.2) is 6.66 Å². The van der Waals surface area contributed by atoms with E-state index in [4.69, 9.17) is 13.6 Å². The van der Waals surface area contributed by atoms with Crippen LogP contribution in [0.2, 0.25) is 0 Å². The highest BCUT2D eigenvalue weighted by Gasteiger charge is 2.37. The Labute approximate surface area is 363 Å². The van der Waals surface area contributed by atoms with Crippen LogP contribution in [0.1, 0.15) is 22.3 Å². The summed E-state index contributed by atoms with van der Waals surface area (Å²) in [5.74, 6) is 2.14. The molecule has 0 fully saturated rings. The molecule has 0 aromatic heterocycles. The van der Waals surface area contributed by atoms with Crippen molar-refractivity contribution >= 4 is 38.0 Å². The number of benzene rings is 8. The zero-order chi connectivity index (χ0) is 42.9. The molecule has 8 aromatic carbocycles. The molecule has 3 aliphatic rings. The van der Waals surface area contributed by atoms with E-state index in [1.54, 1.807) is 6.66 Å². The van der Waals surface area contributed by atoms with E-state index in [9.17, 15) is 13.7 Å². The molecule has 8 aromatic rings. The van der Waals surface area contributed by atoms with Crippen molar-refractivity contribution in [2.75, 3.05) is 6.66 Å². The molecule has 0 spiro atoms. The van der Waals surface area contributed by atoms with Gasteiger partial charge in [0, 0.05) is 23.4 Å². The predicted octanol–water partition coefficient (Wildman–Crippen LogP) is 13.6. The lowest BCUT2D eigenvalue weighted by molar-refractivity contribution is 0.489. The topological polar surface area (TPSA) is 78.9 Å². The van der Waals surface area contributed by atoms with Crippen LogP contribution in [0.3, 0.4) is 0 Å². The van der Waals surface area contributed by atoms with Crippen LogP contribution in [0.5, 0.6) is 17.2 Å². The molecular weight excluding hydrogens is 825 g/mol. The average molecular weight is 871 g/mol. The number of para-hydroxylation sites is 3. The standard InChI is InChI=1S/C21H19O2P.C19H15O2P.C13H11O2P/c1-15-11-16(2)13-17(12-15)14-24(22)21-10-6-4-8-19(21)18-7-3-5-9-20(18)23-24;20-22(14-15-8-2-1-3-9-15)19-13-7-5-11-17(19)16-10-4-6-12-18(16)21-22;1-16(14)13-9-5-3-7-11(13)10-6-2-4-8-12(10)15-16/h3-13H,14H2,1-2H3;1-13H,14H2;2-9H,1H3. The van der Waals surface area contributed by atoms with E-state index < -0.39 is 22.1 Å². The van der Waals surface area contributed by atoms with Crippen molar-refractivity contribution < 1.29 is 27.3 Å². The van der Waals surface area contributed by atoms with Gasteiger partial charge < -0.3 is 13.6 Å². The van der Waals surface area contributed by atoms with Gasteiger partial charge in [0.05, 0.1) is 28.2 Å². The fraction of sp³-hybridized carbons (Fsp3) is 0.0943. The normalized spacial score (nSPS) is 19.5. The van der Waals surface area contributed by atoms with Gasteiger partial charge in [0.15, 0.2) is 0 Å². The molecule has 3 heterocycles. The van der Waals surface area contributed by atoms with Crippen LogP contribution in [0.4, 0.5) is 0 Å². The minimum absolute atomic E-state index is 0.416. The van der Waals surface area contributed by atoms with Crippen molar-refractivity contribution in [2.24, 2.45) is 0 Å². The monoisotopic (exact) mass is 870 g/mol. The highest BCUT2D eigenvalue weighted by molar-refractivity contribution is 7.67. The summed E-state index contributed by atoms with van der Waals surface area (Å²) >= 11 is 0. The summed E-state index contributed by atoms with van der Waals surface area (Å²) in [7, 11) is -8.66. The lowest BCUT2D eigenvalue weighted by Crippen LogP contribution is -2.18. The molecule has 9 heteroatoms. The molecule has 0 radical (unpaired) electrons. The van der Waals surface area contributed by atoms with Gasteiger partial charge in [0.1, 0.15) is 17.2 Å². The summed E-state index contributed by atoms with van der Waals surface area (Å²) < 4.78 is 57.4. The summed E-state index contributed by atoms with van der Waals surface area (Å²) in [5, 5.41) is 2.45. The Morgan fingerprint density at radius 3 is 1.16 bits per heavy atom. The van der Waals surface area contributed by atoms with Crippen molar-refractivity contribution in [3.05, 3.63) is 216 Å². The summed E-state index contributed by atoms with van der Waals surface area (Å²) in [6, 6.07) is 63.0.